The Morgan fingerprint density at radius 3 is 2.64 bits per heavy atom. The van der Waals surface area contributed by atoms with E-state index < -0.39 is 0 Å². The Hall–Kier alpha value is 0.440. The SMILES string of the molecule is CO[C@H]1C[C@@H](Br)[C@@H]2CC[C@H]1C2. The molecule has 0 saturated heterocycles. The van der Waals surface area contributed by atoms with Crippen LogP contribution in [0.1, 0.15) is 25.7 Å². The van der Waals surface area contributed by atoms with Crippen molar-refractivity contribution in [3.63, 3.8) is 0 Å². The fraction of sp³-hybridized carbons (Fsp3) is 1.00. The number of methoxy groups -OCH3 is 1. The van der Waals surface area contributed by atoms with Crippen LogP contribution in [-0.2, 0) is 4.74 Å². The first-order chi connectivity index (χ1) is 5.31. The zero-order valence-corrected chi connectivity index (χ0v) is 8.51. The molecule has 2 heteroatoms. The zero-order chi connectivity index (χ0) is 7.84. The number of hydrogen-bond donors (Lipinski definition) is 0. The van der Waals surface area contributed by atoms with Crippen molar-refractivity contribution in [3.05, 3.63) is 0 Å². The van der Waals surface area contributed by atoms with E-state index >= 15 is 0 Å². The van der Waals surface area contributed by atoms with Gasteiger partial charge in [0.2, 0.25) is 0 Å². The zero-order valence-electron chi connectivity index (χ0n) is 6.92. The molecule has 11 heavy (non-hydrogen) atoms. The smallest absolute Gasteiger partial charge is 0.0610 e. The second kappa shape index (κ2) is 3.06. The van der Waals surface area contributed by atoms with Gasteiger partial charge < -0.3 is 4.74 Å². The minimum atomic E-state index is 0.540. The molecule has 2 aliphatic rings. The maximum Gasteiger partial charge on any atom is 0.0610 e. The molecule has 2 rings (SSSR count). The van der Waals surface area contributed by atoms with Gasteiger partial charge in [-0.05, 0) is 37.5 Å². The minimum absolute atomic E-state index is 0.540. The molecule has 2 aliphatic carbocycles. The van der Waals surface area contributed by atoms with E-state index in [0.29, 0.717) is 6.10 Å². The summed E-state index contributed by atoms with van der Waals surface area (Å²) >= 11 is 3.74. The molecule has 2 saturated carbocycles. The lowest BCUT2D eigenvalue weighted by Crippen LogP contribution is -2.31. The topological polar surface area (TPSA) is 9.23 Å². The average Bonchev–Trinajstić information content (AvgIpc) is 2.43. The largest absolute Gasteiger partial charge is 0.381 e. The highest BCUT2D eigenvalue weighted by molar-refractivity contribution is 9.09. The van der Waals surface area contributed by atoms with Crippen molar-refractivity contribution < 1.29 is 4.74 Å². The summed E-state index contributed by atoms with van der Waals surface area (Å²) in [6, 6.07) is 0. The second-order valence-corrected chi connectivity index (χ2v) is 5.04. The molecule has 2 fully saturated rings. The molecule has 4 atom stereocenters. The Kier molecular flexibility index (Phi) is 2.24. The third-order valence-corrected chi connectivity index (χ3v) is 4.43. The van der Waals surface area contributed by atoms with Gasteiger partial charge in [-0.1, -0.05) is 15.9 Å². The fourth-order valence-corrected chi connectivity index (χ4v) is 3.46. The van der Waals surface area contributed by atoms with Crippen molar-refractivity contribution in [2.24, 2.45) is 11.8 Å². The molecule has 0 heterocycles. The first-order valence-electron chi connectivity index (χ1n) is 4.48. The van der Waals surface area contributed by atoms with Crippen molar-refractivity contribution in [3.8, 4) is 0 Å². The summed E-state index contributed by atoms with van der Waals surface area (Å²) in [7, 11) is 1.85. The summed E-state index contributed by atoms with van der Waals surface area (Å²) in [6.45, 7) is 0. The highest BCUT2D eigenvalue weighted by atomic mass is 79.9. The van der Waals surface area contributed by atoms with Gasteiger partial charge in [0.15, 0.2) is 0 Å². The van der Waals surface area contributed by atoms with Gasteiger partial charge in [0, 0.05) is 11.9 Å². The van der Waals surface area contributed by atoms with Crippen LogP contribution >= 0.6 is 15.9 Å². The summed E-state index contributed by atoms with van der Waals surface area (Å²) in [6.07, 6.45) is 5.98. The van der Waals surface area contributed by atoms with Gasteiger partial charge in [0.05, 0.1) is 6.10 Å². The quantitative estimate of drug-likeness (QED) is 0.616. The molecule has 0 spiro atoms. The summed E-state index contributed by atoms with van der Waals surface area (Å²) in [5, 5.41) is 0. The Bertz CT molecular complexity index is 148. The van der Waals surface area contributed by atoms with Crippen molar-refractivity contribution in [2.75, 3.05) is 7.11 Å². The molecule has 0 aromatic heterocycles. The van der Waals surface area contributed by atoms with Gasteiger partial charge in [-0.3, -0.25) is 0 Å². The number of ether oxygens (including phenoxy) is 1. The molecule has 0 aromatic carbocycles. The van der Waals surface area contributed by atoms with Crippen molar-refractivity contribution in [1.82, 2.24) is 0 Å². The Labute approximate surface area is 76.6 Å². The van der Waals surface area contributed by atoms with Crippen molar-refractivity contribution in [1.29, 1.82) is 0 Å². The molecular formula is C9H15BrO. The van der Waals surface area contributed by atoms with Gasteiger partial charge in [-0.25, -0.2) is 0 Å². The Morgan fingerprint density at radius 2 is 1.91 bits per heavy atom. The molecule has 0 amide bonds. The Morgan fingerprint density at radius 1 is 1.18 bits per heavy atom. The number of fused-ring (bicyclic) bond motifs is 2. The van der Waals surface area contributed by atoms with E-state index in [-0.39, 0.29) is 0 Å². The van der Waals surface area contributed by atoms with Gasteiger partial charge >= 0.3 is 0 Å². The van der Waals surface area contributed by atoms with E-state index in [9.17, 15) is 0 Å². The van der Waals surface area contributed by atoms with Crippen LogP contribution < -0.4 is 0 Å². The lowest BCUT2D eigenvalue weighted by molar-refractivity contribution is 0.0323. The van der Waals surface area contributed by atoms with Crippen LogP contribution in [0.25, 0.3) is 0 Å². The normalized spacial score (nSPS) is 49.6. The van der Waals surface area contributed by atoms with Crippen LogP contribution in [0, 0.1) is 11.8 Å². The maximum atomic E-state index is 5.46. The first kappa shape index (κ1) is 8.06. The molecule has 0 unspecified atom stereocenters. The summed E-state index contributed by atoms with van der Waals surface area (Å²) in [4.78, 5) is 0.728. The Balaban J connectivity index is 2.05. The molecule has 0 aliphatic heterocycles. The van der Waals surface area contributed by atoms with Crippen LogP contribution in [0.2, 0.25) is 0 Å². The van der Waals surface area contributed by atoms with Gasteiger partial charge in [-0.2, -0.15) is 0 Å². The highest BCUT2D eigenvalue weighted by Gasteiger charge is 2.40. The molecule has 0 radical (unpaired) electrons. The van der Waals surface area contributed by atoms with E-state index in [1.165, 1.54) is 25.7 Å². The van der Waals surface area contributed by atoms with Crippen LogP contribution in [0.3, 0.4) is 0 Å². The predicted octanol–water partition coefficient (Wildman–Crippen LogP) is 2.58. The summed E-state index contributed by atoms with van der Waals surface area (Å²) in [5.74, 6) is 1.82. The van der Waals surface area contributed by atoms with Gasteiger partial charge in [0.1, 0.15) is 0 Å². The monoisotopic (exact) mass is 218 g/mol. The first-order valence-corrected chi connectivity index (χ1v) is 5.39. The van der Waals surface area contributed by atoms with Crippen LogP contribution in [0.4, 0.5) is 0 Å². The molecule has 0 aromatic rings. The lowest BCUT2D eigenvalue weighted by Gasteiger charge is -2.31. The van der Waals surface area contributed by atoms with Crippen LogP contribution in [-0.4, -0.2) is 18.0 Å². The minimum Gasteiger partial charge on any atom is -0.381 e. The molecule has 64 valence electrons. The molecular weight excluding hydrogens is 204 g/mol. The van der Waals surface area contributed by atoms with E-state index in [4.69, 9.17) is 4.74 Å². The van der Waals surface area contributed by atoms with E-state index in [1.54, 1.807) is 0 Å². The van der Waals surface area contributed by atoms with E-state index in [1.807, 2.05) is 7.11 Å². The average molecular weight is 219 g/mol. The van der Waals surface area contributed by atoms with Crippen LogP contribution in [0.15, 0.2) is 0 Å². The predicted molar refractivity (Wildman–Crippen MR) is 49.0 cm³/mol. The molecule has 2 bridgehead atoms. The molecule has 1 nitrogen and oxygen atoms in total. The molecule has 0 N–H and O–H groups in total. The number of halogens is 1. The third kappa shape index (κ3) is 1.35. The van der Waals surface area contributed by atoms with Crippen molar-refractivity contribution in [2.45, 2.75) is 36.6 Å². The third-order valence-electron chi connectivity index (χ3n) is 3.31. The summed E-state index contributed by atoms with van der Waals surface area (Å²) in [5.41, 5.74) is 0. The van der Waals surface area contributed by atoms with Gasteiger partial charge in [-0.15, -0.1) is 0 Å². The maximum absolute atomic E-state index is 5.46. The lowest BCUT2D eigenvalue weighted by atomic mass is 9.87. The highest BCUT2D eigenvalue weighted by Crippen LogP contribution is 2.45. The number of rotatable bonds is 1. The van der Waals surface area contributed by atoms with Crippen LogP contribution in [0.5, 0.6) is 0 Å². The fourth-order valence-electron chi connectivity index (χ4n) is 2.61. The van der Waals surface area contributed by atoms with E-state index in [0.717, 1.165) is 16.7 Å². The van der Waals surface area contributed by atoms with Gasteiger partial charge in [0.25, 0.3) is 0 Å². The van der Waals surface area contributed by atoms with Crippen molar-refractivity contribution >= 4 is 15.9 Å². The number of alkyl halides is 1. The second-order valence-electron chi connectivity index (χ2n) is 3.86. The summed E-state index contributed by atoms with van der Waals surface area (Å²) < 4.78 is 5.46. The standard InChI is InChI=1S/C9H15BrO/c1-11-9-5-8(10)6-2-3-7(9)4-6/h6-9H,2-5H2,1H3/t6-,7+,8-,9+/m1/s1. The van der Waals surface area contributed by atoms with E-state index in [2.05, 4.69) is 15.9 Å². The number of hydrogen-bond acceptors (Lipinski definition) is 1.